The lowest BCUT2D eigenvalue weighted by atomic mass is 10.2. The Morgan fingerprint density at radius 3 is 2.85 bits per heavy atom. The second kappa shape index (κ2) is 9.05. The predicted molar refractivity (Wildman–Crippen MR) is 131 cm³/mol. The minimum atomic E-state index is -0.206. The van der Waals surface area contributed by atoms with Gasteiger partial charge in [0.2, 0.25) is 0 Å². The molecule has 1 aromatic carbocycles. The number of ether oxygens (including phenoxy) is 2. The smallest absolute Gasteiger partial charge is 0.267 e. The number of methoxy groups -OCH3 is 1. The van der Waals surface area contributed by atoms with Gasteiger partial charge in [0.1, 0.15) is 22.1 Å². The lowest BCUT2D eigenvalue weighted by Crippen LogP contribution is -2.11. The maximum Gasteiger partial charge on any atom is 0.267 e. The molecule has 1 amide bonds. The van der Waals surface area contributed by atoms with E-state index < -0.39 is 0 Å². The van der Waals surface area contributed by atoms with Crippen molar-refractivity contribution in [3.05, 3.63) is 81.9 Å². The Morgan fingerprint density at radius 1 is 1.15 bits per heavy atom. The van der Waals surface area contributed by atoms with Crippen molar-refractivity contribution in [3.63, 3.8) is 0 Å². The van der Waals surface area contributed by atoms with E-state index in [-0.39, 0.29) is 12.5 Å². The molecule has 9 heteroatoms. The fourth-order valence-electron chi connectivity index (χ4n) is 3.38. The Bertz CT molecular complexity index is 1390. The van der Waals surface area contributed by atoms with Crippen LogP contribution in [0, 0.1) is 6.92 Å². The van der Waals surface area contributed by atoms with Crippen molar-refractivity contribution in [1.29, 1.82) is 0 Å². The molecule has 0 radical (unpaired) electrons. The average Bonchev–Trinajstić information content (AvgIpc) is 3.57. The molecular formula is C24H20N4O3S2. The number of thiazole rings is 1. The Balaban J connectivity index is 1.33. The first-order chi connectivity index (χ1) is 16.1. The van der Waals surface area contributed by atoms with E-state index in [9.17, 15) is 4.79 Å². The largest absolute Gasteiger partial charge is 0.493 e. The number of fused-ring (bicyclic) bond motifs is 1. The van der Waals surface area contributed by atoms with Gasteiger partial charge >= 0.3 is 0 Å². The number of aryl methyl sites for hydroxylation is 1. The van der Waals surface area contributed by atoms with Gasteiger partial charge in [-0.25, -0.2) is 9.97 Å². The summed E-state index contributed by atoms with van der Waals surface area (Å²) in [6, 6.07) is 13.1. The van der Waals surface area contributed by atoms with Crippen molar-refractivity contribution < 1.29 is 14.3 Å². The van der Waals surface area contributed by atoms with Crippen LogP contribution in [0.2, 0.25) is 0 Å². The number of carbonyl (C=O) groups excluding carboxylic acids is 1. The Labute approximate surface area is 198 Å². The zero-order valence-electron chi connectivity index (χ0n) is 17.9. The molecule has 4 heterocycles. The van der Waals surface area contributed by atoms with Gasteiger partial charge in [-0.1, -0.05) is 6.07 Å². The number of hydrogen-bond acceptors (Lipinski definition) is 7. The summed E-state index contributed by atoms with van der Waals surface area (Å²) in [5.74, 6) is 0.890. The summed E-state index contributed by atoms with van der Waals surface area (Å²) < 4.78 is 13.4. The molecule has 7 nitrogen and oxygen atoms in total. The van der Waals surface area contributed by atoms with Gasteiger partial charge in [0.15, 0.2) is 11.5 Å². The third-order valence-electron chi connectivity index (χ3n) is 4.98. The molecule has 33 heavy (non-hydrogen) atoms. The van der Waals surface area contributed by atoms with Gasteiger partial charge in [-0.15, -0.1) is 11.3 Å². The number of nitrogens with one attached hydrogen (secondary N) is 1. The fraction of sp³-hybridized carbons (Fsp3) is 0.125. The first-order valence-electron chi connectivity index (χ1n) is 10.2. The Kier molecular flexibility index (Phi) is 5.80. The number of imidazole rings is 1. The minimum Gasteiger partial charge on any atom is -0.493 e. The molecule has 0 fully saturated rings. The highest BCUT2D eigenvalue weighted by atomic mass is 32.1. The number of benzene rings is 1. The zero-order chi connectivity index (χ0) is 22.8. The highest BCUT2D eigenvalue weighted by Gasteiger charge is 2.17. The summed E-state index contributed by atoms with van der Waals surface area (Å²) in [6.45, 7) is 2.12. The summed E-state index contributed by atoms with van der Waals surface area (Å²) in [7, 11) is 1.58. The second-order valence-electron chi connectivity index (χ2n) is 7.25. The van der Waals surface area contributed by atoms with E-state index in [0.717, 1.165) is 21.9 Å². The van der Waals surface area contributed by atoms with Gasteiger partial charge in [-0.2, -0.15) is 11.3 Å². The third-order valence-corrected chi connectivity index (χ3v) is 6.87. The fourth-order valence-corrected chi connectivity index (χ4v) is 5.05. The molecule has 0 unspecified atom stereocenters. The van der Waals surface area contributed by atoms with Crippen LogP contribution in [0.5, 0.6) is 11.5 Å². The number of nitrogens with zero attached hydrogens (tertiary/aromatic N) is 3. The number of anilines is 1. The molecule has 1 N–H and O–H groups in total. The van der Waals surface area contributed by atoms with Crippen LogP contribution in [0.4, 0.5) is 5.69 Å². The van der Waals surface area contributed by atoms with E-state index in [1.165, 1.54) is 11.3 Å². The van der Waals surface area contributed by atoms with Crippen molar-refractivity contribution in [1.82, 2.24) is 14.4 Å². The SMILES string of the molecule is COc1ccc(NC(=O)c2sc(-c3ccsc3)nc2C)cc1OCc1cn2ccccc2n1. The number of aromatic nitrogens is 3. The minimum absolute atomic E-state index is 0.206. The lowest BCUT2D eigenvalue weighted by Gasteiger charge is -2.12. The molecule has 0 saturated carbocycles. The van der Waals surface area contributed by atoms with Crippen molar-refractivity contribution in [2.45, 2.75) is 13.5 Å². The van der Waals surface area contributed by atoms with E-state index in [0.29, 0.717) is 27.8 Å². The summed E-state index contributed by atoms with van der Waals surface area (Å²) in [6.07, 6.45) is 3.86. The summed E-state index contributed by atoms with van der Waals surface area (Å²) in [4.78, 5) is 22.6. The van der Waals surface area contributed by atoms with Crippen LogP contribution in [0.1, 0.15) is 21.1 Å². The van der Waals surface area contributed by atoms with Gasteiger partial charge < -0.3 is 19.2 Å². The first-order valence-corrected chi connectivity index (χ1v) is 11.9. The van der Waals surface area contributed by atoms with Crippen LogP contribution in [-0.4, -0.2) is 27.4 Å². The van der Waals surface area contributed by atoms with Crippen molar-refractivity contribution in [2.75, 3.05) is 12.4 Å². The predicted octanol–water partition coefficient (Wildman–Crippen LogP) is 5.67. The second-order valence-corrected chi connectivity index (χ2v) is 9.03. The molecule has 5 rings (SSSR count). The number of pyridine rings is 1. The van der Waals surface area contributed by atoms with Gasteiger partial charge in [-0.05, 0) is 42.6 Å². The number of carbonyl (C=O) groups is 1. The van der Waals surface area contributed by atoms with Gasteiger partial charge in [0.25, 0.3) is 5.91 Å². The van der Waals surface area contributed by atoms with Crippen LogP contribution in [0.15, 0.2) is 65.6 Å². The normalized spacial score (nSPS) is 11.0. The molecule has 166 valence electrons. The van der Waals surface area contributed by atoms with Crippen LogP contribution >= 0.6 is 22.7 Å². The molecule has 0 aliphatic heterocycles. The van der Waals surface area contributed by atoms with Gasteiger partial charge in [0, 0.05) is 35.1 Å². The number of thiophene rings is 1. The van der Waals surface area contributed by atoms with Crippen molar-refractivity contribution in [2.24, 2.45) is 0 Å². The monoisotopic (exact) mass is 476 g/mol. The Hall–Kier alpha value is -3.69. The third kappa shape index (κ3) is 4.46. The summed E-state index contributed by atoms with van der Waals surface area (Å²) in [5.41, 5.74) is 3.98. The standard InChI is InChI=1S/C24H20N4O3S2/c1-15-22(33-24(25-15)16-8-10-32-14-16)23(29)27-17-6-7-19(30-2)20(11-17)31-13-18-12-28-9-4-3-5-21(28)26-18/h3-12,14H,13H2,1-2H3,(H,27,29). The summed E-state index contributed by atoms with van der Waals surface area (Å²) >= 11 is 2.99. The highest BCUT2D eigenvalue weighted by Crippen LogP contribution is 2.33. The number of rotatable bonds is 7. The topological polar surface area (TPSA) is 77.8 Å². The van der Waals surface area contributed by atoms with Crippen LogP contribution < -0.4 is 14.8 Å². The molecule has 0 aliphatic carbocycles. The lowest BCUT2D eigenvalue weighted by molar-refractivity contribution is 0.103. The van der Waals surface area contributed by atoms with Crippen molar-refractivity contribution >= 4 is 39.9 Å². The number of hydrogen-bond donors (Lipinski definition) is 1. The van der Waals surface area contributed by atoms with Crippen LogP contribution in [-0.2, 0) is 6.61 Å². The zero-order valence-corrected chi connectivity index (χ0v) is 19.6. The van der Waals surface area contributed by atoms with Gasteiger partial charge in [-0.3, -0.25) is 4.79 Å². The quantitative estimate of drug-likeness (QED) is 0.328. The first kappa shape index (κ1) is 21.2. The van der Waals surface area contributed by atoms with E-state index in [1.54, 1.807) is 36.6 Å². The molecule has 0 saturated heterocycles. The average molecular weight is 477 g/mol. The van der Waals surface area contributed by atoms with Crippen LogP contribution in [0.3, 0.4) is 0 Å². The Morgan fingerprint density at radius 2 is 2.06 bits per heavy atom. The molecule has 0 bridgehead atoms. The van der Waals surface area contributed by atoms with E-state index in [1.807, 2.05) is 58.7 Å². The van der Waals surface area contributed by atoms with E-state index >= 15 is 0 Å². The highest BCUT2D eigenvalue weighted by molar-refractivity contribution is 7.17. The summed E-state index contributed by atoms with van der Waals surface area (Å²) in [5, 5.41) is 7.81. The molecule has 5 aromatic rings. The molecule has 0 aliphatic rings. The maximum absolute atomic E-state index is 12.9. The maximum atomic E-state index is 12.9. The van der Waals surface area contributed by atoms with Crippen molar-refractivity contribution in [3.8, 4) is 22.1 Å². The van der Waals surface area contributed by atoms with E-state index in [4.69, 9.17) is 9.47 Å². The number of amides is 1. The molecular weight excluding hydrogens is 456 g/mol. The molecule has 0 atom stereocenters. The molecule has 4 aromatic heterocycles. The van der Waals surface area contributed by atoms with Gasteiger partial charge in [0.05, 0.1) is 18.5 Å². The van der Waals surface area contributed by atoms with Crippen LogP contribution in [0.25, 0.3) is 16.2 Å². The molecule has 0 spiro atoms. The van der Waals surface area contributed by atoms with E-state index in [2.05, 4.69) is 15.3 Å².